The molecule has 0 spiro atoms. The normalized spacial score (nSPS) is 14.7. The summed E-state index contributed by atoms with van der Waals surface area (Å²) in [6.07, 6.45) is 6.86. The molecule has 0 bridgehead atoms. The highest BCUT2D eigenvalue weighted by molar-refractivity contribution is 6.12. The lowest BCUT2D eigenvalue weighted by Crippen LogP contribution is -2.30. The van der Waals surface area contributed by atoms with E-state index in [0.717, 1.165) is 25.7 Å². The average molecular weight is 206 g/mol. The van der Waals surface area contributed by atoms with Crippen LogP contribution in [0.25, 0.3) is 0 Å². The van der Waals surface area contributed by atoms with Crippen LogP contribution >= 0.6 is 0 Å². The molecule has 4 heteroatoms. The predicted molar refractivity (Wildman–Crippen MR) is 54.6 cm³/mol. The number of amides is 2. The van der Waals surface area contributed by atoms with Gasteiger partial charge in [0.15, 0.2) is 0 Å². The number of carbonyl (C=O) groups is 2. The Bertz CT molecular complexity index is 297. The number of imide groups is 1. The van der Waals surface area contributed by atoms with Crippen molar-refractivity contribution in [3.63, 3.8) is 0 Å². The summed E-state index contributed by atoms with van der Waals surface area (Å²) in [6, 6.07) is 2.09. The van der Waals surface area contributed by atoms with Crippen LogP contribution in [-0.2, 0) is 9.59 Å². The Morgan fingerprint density at radius 1 is 1.07 bits per heavy atom. The van der Waals surface area contributed by atoms with Gasteiger partial charge in [-0.15, -0.1) is 0 Å². The van der Waals surface area contributed by atoms with Gasteiger partial charge in [-0.1, -0.05) is 12.8 Å². The number of hydrogen-bond acceptors (Lipinski definition) is 3. The quantitative estimate of drug-likeness (QED) is 0.487. The molecule has 0 unspecified atom stereocenters. The zero-order chi connectivity index (χ0) is 11.1. The van der Waals surface area contributed by atoms with Crippen LogP contribution in [0.15, 0.2) is 12.2 Å². The molecule has 0 saturated carbocycles. The molecule has 0 N–H and O–H groups in total. The maximum absolute atomic E-state index is 11.1. The summed E-state index contributed by atoms with van der Waals surface area (Å²) >= 11 is 0. The minimum absolute atomic E-state index is 0.211. The van der Waals surface area contributed by atoms with Gasteiger partial charge in [0.05, 0.1) is 6.07 Å². The van der Waals surface area contributed by atoms with Crippen LogP contribution in [0.4, 0.5) is 0 Å². The van der Waals surface area contributed by atoms with Crippen molar-refractivity contribution >= 4 is 11.8 Å². The Hall–Kier alpha value is -1.63. The topological polar surface area (TPSA) is 61.2 Å². The van der Waals surface area contributed by atoms with Gasteiger partial charge < -0.3 is 0 Å². The highest BCUT2D eigenvalue weighted by atomic mass is 16.2. The van der Waals surface area contributed by atoms with Crippen LogP contribution in [0, 0.1) is 11.3 Å². The van der Waals surface area contributed by atoms with Gasteiger partial charge in [0, 0.05) is 25.1 Å². The Labute approximate surface area is 89.2 Å². The van der Waals surface area contributed by atoms with E-state index in [9.17, 15) is 9.59 Å². The van der Waals surface area contributed by atoms with Gasteiger partial charge in [0.1, 0.15) is 0 Å². The van der Waals surface area contributed by atoms with E-state index < -0.39 is 0 Å². The maximum atomic E-state index is 11.1. The summed E-state index contributed by atoms with van der Waals surface area (Å²) in [5.74, 6) is -0.422. The smallest absolute Gasteiger partial charge is 0.253 e. The van der Waals surface area contributed by atoms with E-state index in [4.69, 9.17) is 5.26 Å². The van der Waals surface area contributed by atoms with E-state index in [0.29, 0.717) is 13.0 Å². The molecule has 0 aromatic rings. The lowest BCUT2D eigenvalue weighted by molar-refractivity contribution is -0.136. The second-order valence-corrected chi connectivity index (χ2v) is 3.48. The maximum Gasteiger partial charge on any atom is 0.253 e. The van der Waals surface area contributed by atoms with Gasteiger partial charge >= 0.3 is 0 Å². The molecule has 0 saturated heterocycles. The fraction of sp³-hybridized carbons (Fsp3) is 0.545. The highest BCUT2D eigenvalue weighted by Crippen LogP contribution is 2.08. The third-order valence-corrected chi connectivity index (χ3v) is 2.32. The number of rotatable bonds is 6. The molecule has 0 aromatic heterocycles. The van der Waals surface area contributed by atoms with Crippen molar-refractivity contribution in [2.45, 2.75) is 32.1 Å². The molecule has 0 aliphatic carbocycles. The molecular weight excluding hydrogens is 192 g/mol. The van der Waals surface area contributed by atoms with Crippen LogP contribution in [0.5, 0.6) is 0 Å². The first-order valence-corrected chi connectivity index (χ1v) is 5.16. The number of nitrogens with zero attached hydrogens (tertiary/aromatic N) is 2. The highest BCUT2D eigenvalue weighted by Gasteiger charge is 2.21. The van der Waals surface area contributed by atoms with Crippen LogP contribution < -0.4 is 0 Å². The number of nitriles is 1. The van der Waals surface area contributed by atoms with E-state index in [1.54, 1.807) is 0 Å². The molecular formula is C11H14N2O2. The predicted octanol–water partition coefficient (Wildman–Crippen LogP) is 1.39. The van der Waals surface area contributed by atoms with Gasteiger partial charge in [-0.2, -0.15) is 5.26 Å². The first-order valence-electron chi connectivity index (χ1n) is 5.16. The van der Waals surface area contributed by atoms with Crippen molar-refractivity contribution < 1.29 is 9.59 Å². The molecule has 4 nitrogen and oxygen atoms in total. The first kappa shape index (κ1) is 11.4. The van der Waals surface area contributed by atoms with Gasteiger partial charge in [0.25, 0.3) is 11.8 Å². The Morgan fingerprint density at radius 2 is 1.67 bits per heavy atom. The van der Waals surface area contributed by atoms with E-state index in [-0.39, 0.29) is 11.8 Å². The summed E-state index contributed by atoms with van der Waals surface area (Å²) in [6.45, 7) is 0.497. The van der Waals surface area contributed by atoms with Crippen molar-refractivity contribution in [1.29, 1.82) is 5.26 Å². The Morgan fingerprint density at radius 3 is 2.27 bits per heavy atom. The van der Waals surface area contributed by atoms with Gasteiger partial charge in [0.2, 0.25) is 0 Å². The summed E-state index contributed by atoms with van der Waals surface area (Å²) in [4.78, 5) is 23.5. The second-order valence-electron chi connectivity index (χ2n) is 3.48. The number of hydrogen-bond donors (Lipinski definition) is 0. The van der Waals surface area contributed by atoms with Gasteiger partial charge in [-0.3, -0.25) is 14.5 Å². The van der Waals surface area contributed by atoms with Crippen molar-refractivity contribution in [3.05, 3.63) is 12.2 Å². The minimum atomic E-state index is -0.211. The standard InChI is InChI=1S/C11H14N2O2/c12-8-4-2-1-3-5-9-13-10(14)6-7-11(13)15/h6-7H,1-5,9H2. The summed E-state index contributed by atoms with van der Waals surface area (Å²) in [7, 11) is 0. The minimum Gasteiger partial charge on any atom is -0.275 e. The van der Waals surface area contributed by atoms with Crippen LogP contribution in [0.1, 0.15) is 32.1 Å². The van der Waals surface area contributed by atoms with Crippen LogP contribution in [0.3, 0.4) is 0 Å². The lowest BCUT2D eigenvalue weighted by atomic mass is 10.1. The van der Waals surface area contributed by atoms with E-state index >= 15 is 0 Å². The molecule has 80 valence electrons. The molecule has 1 aliphatic heterocycles. The van der Waals surface area contributed by atoms with Crippen LogP contribution in [0.2, 0.25) is 0 Å². The summed E-state index contributed by atoms with van der Waals surface area (Å²) in [5, 5.41) is 8.31. The third-order valence-electron chi connectivity index (χ3n) is 2.32. The second kappa shape index (κ2) is 5.97. The lowest BCUT2D eigenvalue weighted by Gasteiger charge is -2.12. The van der Waals surface area contributed by atoms with E-state index in [1.807, 2.05) is 0 Å². The largest absolute Gasteiger partial charge is 0.275 e. The molecule has 15 heavy (non-hydrogen) atoms. The molecule has 0 aromatic carbocycles. The molecule has 1 rings (SSSR count). The molecule has 2 amide bonds. The fourth-order valence-electron chi connectivity index (χ4n) is 1.48. The Balaban J connectivity index is 2.08. The Kier molecular flexibility index (Phi) is 4.55. The van der Waals surface area contributed by atoms with Crippen LogP contribution in [-0.4, -0.2) is 23.3 Å². The fourth-order valence-corrected chi connectivity index (χ4v) is 1.48. The first-order chi connectivity index (χ1) is 7.25. The number of unbranched alkanes of at least 4 members (excludes halogenated alkanes) is 4. The zero-order valence-electron chi connectivity index (χ0n) is 8.61. The molecule has 1 heterocycles. The van der Waals surface area contributed by atoms with Crippen molar-refractivity contribution in [2.75, 3.05) is 6.54 Å². The van der Waals surface area contributed by atoms with Crippen molar-refractivity contribution in [3.8, 4) is 6.07 Å². The molecule has 0 fully saturated rings. The molecule has 1 aliphatic rings. The summed E-state index contributed by atoms with van der Waals surface area (Å²) < 4.78 is 0. The monoisotopic (exact) mass is 206 g/mol. The van der Waals surface area contributed by atoms with Gasteiger partial charge in [-0.05, 0) is 12.8 Å². The van der Waals surface area contributed by atoms with E-state index in [1.165, 1.54) is 17.1 Å². The van der Waals surface area contributed by atoms with Crippen molar-refractivity contribution in [2.24, 2.45) is 0 Å². The summed E-state index contributed by atoms with van der Waals surface area (Å²) in [5.41, 5.74) is 0. The number of carbonyl (C=O) groups excluding carboxylic acids is 2. The van der Waals surface area contributed by atoms with Crippen molar-refractivity contribution in [1.82, 2.24) is 4.90 Å². The van der Waals surface area contributed by atoms with Gasteiger partial charge in [-0.25, -0.2) is 0 Å². The SMILES string of the molecule is N#CCCCCCCN1C(=O)C=CC1=O. The third kappa shape index (κ3) is 3.55. The van der Waals surface area contributed by atoms with E-state index in [2.05, 4.69) is 6.07 Å². The zero-order valence-corrected chi connectivity index (χ0v) is 8.61. The molecule has 0 atom stereocenters. The average Bonchev–Trinajstić information content (AvgIpc) is 2.54. The molecule has 0 radical (unpaired) electrons.